The van der Waals surface area contributed by atoms with Gasteiger partial charge in [-0.05, 0) is 43.3 Å². The second kappa shape index (κ2) is 7.22. The fourth-order valence-electron chi connectivity index (χ4n) is 1.67. The average molecular weight is 373 g/mol. The Bertz CT molecular complexity index is 829. The third kappa shape index (κ3) is 4.87. The van der Waals surface area contributed by atoms with Gasteiger partial charge in [0.05, 0.1) is 10.9 Å². The predicted molar refractivity (Wildman–Crippen MR) is 89.6 cm³/mol. The molecule has 2 N–H and O–H groups in total. The fraction of sp³-hybridized carbons (Fsp3) is 0.143. The van der Waals surface area contributed by atoms with Crippen molar-refractivity contribution < 1.29 is 18.0 Å². The molecule has 1 amide bonds. The van der Waals surface area contributed by atoms with Crippen molar-refractivity contribution in [2.75, 3.05) is 11.9 Å². The second-order valence-corrected chi connectivity index (χ2v) is 8.27. The SMILES string of the molecule is CC(=O)c1ccc(NC(=O)CNS(=O)(=O)c2ccc(Cl)s2)cc1. The number of rotatable bonds is 6. The maximum atomic E-state index is 11.9. The number of anilines is 1. The van der Waals surface area contributed by atoms with Crippen LogP contribution in [-0.2, 0) is 14.8 Å². The number of ketones is 1. The number of thiophene rings is 1. The number of carbonyl (C=O) groups excluding carboxylic acids is 2. The summed E-state index contributed by atoms with van der Waals surface area (Å²) in [4.78, 5) is 22.9. The van der Waals surface area contributed by atoms with Gasteiger partial charge in [-0.3, -0.25) is 9.59 Å². The maximum Gasteiger partial charge on any atom is 0.250 e. The number of hydrogen-bond acceptors (Lipinski definition) is 5. The number of halogens is 1. The van der Waals surface area contributed by atoms with E-state index in [9.17, 15) is 18.0 Å². The van der Waals surface area contributed by atoms with Crippen molar-refractivity contribution in [3.05, 3.63) is 46.3 Å². The zero-order chi connectivity index (χ0) is 17.0. The highest BCUT2D eigenvalue weighted by Gasteiger charge is 2.17. The van der Waals surface area contributed by atoms with Crippen LogP contribution in [0.1, 0.15) is 17.3 Å². The van der Waals surface area contributed by atoms with Gasteiger partial charge in [0.15, 0.2) is 5.78 Å². The summed E-state index contributed by atoms with van der Waals surface area (Å²) in [5, 5.41) is 2.54. The van der Waals surface area contributed by atoms with Crippen molar-refractivity contribution in [3.8, 4) is 0 Å². The van der Waals surface area contributed by atoms with E-state index in [2.05, 4.69) is 10.0 Å². The van der Waals surface area contributed by atoms with Gasteiger partial charge < -0.3 is 5.32 Å². The minimum Gasteiger partial charge on any atom is -0.325 e. The zero-order valence-corrected chi connectivity index (χ0v) is 14.4. The molecule has 1 heterocycles. The Hall–Kier alpha value is -1.74. The smallest absolute Gasteiger partial charge is 0.250 e. The van der Waals surface area contributed by atoms with Gasteiger partial charge in [0.2, 0.25) is 5.91 Å². The molecule has 2 aromatic rings. The molecule has 0 saturated carbocycles. The van der Waals surface area contributed by atoms with Crippen LogP contribution in [0.2, 0.25) is 4.34 Å². The van der Waals surface area contributed by atoms with Crippen LogP contribution in [0.15, 0.2) is 40.6 Å². The van der Waals surface area contributed by atoms with Crippen LogP contribution in [0.3, 0.4) is 0 Å². The van der Waals surface area contributed by atoms with E-state index in [1.54, 1.807) is 24.3 Å². The van der Waals surface area contributed by atoms with E-state index in [1.165, 1.54) is 19.1 Å². The first-order valence-corrected chi connectivity index (χ1v) is 9.11. The number of Topliss-reactive ketones (excluding diaryl/α,β-unsaturated/α-hetero) is 1. The Labute approximate surface area is 142 Å². The third-order valence-corrected chi connectivity index (χ3v) is 5.94. The molecule has 0 aliphatic carbocycles. The van der Waals surface area contributed by atoms with Gasteiger partial charge in [0, 0.05) is 11.3 Å². The van der Waals surface area contributed by atoms with Gasteiger partial charge in [-0.2, -0.15) is 0 Å². The molecule has 0 saturated heterocycles. The lowest BCUT2D eigenvalue weighted by Crippen LogP contribution is -2.32. The largest absolute Gasteiger partial charge is 0.325 e. The fourth-order valence-corrected chi connectivity index (χ4v) is 4.18. The molecule has 0 aliphatic heterocycles. The molecule has 122 valence electrons. The molecule has 9 heteroatoms. The standard InChI is InChI=1S/C14H13ClN2O4S2/c1-9(18)10-2-4-11(5-3-10)17-13(19)8-16-23(20,21)14-7-6-12(15)22-14/h2-7,16H,8H2,1H3,(H,17,19). The summed E-state index contributed by atoms with van der Waals surface area (Å²) in [6.45, 7) is 1.03. The lowest BCUT2D eigenvalue weighted by Gasteiger charge is -2.07. The Kier molecular flexibility index (Phi) is 5.53. The Balaban J connectivity index is 1.93. The zero-order valence-electron chi connectivity index (χ0n) is 12.0. The van der Waals surface area contributed by atoms with Gasteiger partial charge in [0.1, 0.15) is 4.21 Å². The monoisotopic (exact) mass is 372 g/mol. The summed E-state index contributed by atoms with van der Waals surface area (Å²) in [7, 11) is -3.77. The van der Waals surface area contributed by atoms with Crippen molar-refractivity contribution in [2.45, 2.75) is 11.1 Å². The highest BCUT2D eigenvalue weighted by molar-refractivity contribution is 7.91. The summed E-state index contributed by atoms with van der Waals surface area (Å²) in [5.74, 6) is -0.600. The van der Waals surface area contributed by atoms with E-state index >= 15 is 0 Å². The molecule has 0 fully saturated rings. The van der Waals surface area contributed by atoms with Crippen LogP contribution in [0, 0.1) is 0 Å². The van der Waals surface area contributed by atoms with Crippen LogP contribution in [-0.4, -0.2) is 26.7 Å². The minimum absolute atomic E-state index is 0.0427. The van der Waals surface area contributed by atoms with Crippen molar-refractivity contribution in [1.82, 2.24) is 4.72 Å². The van der Waals surface area contributed by atoms with Crippen LogP contribution < -0.4 is 10.0 Å². The van der Waals surface area contributed by atoms with Gasteiger partial charge in [0.25, 0.3) is 10.0 Å². The molecule has 2 rings (SSSR count). The van der Waals surface area contributed by atoms with Crippen molar-refractivity contribution in [3.63, 3.8) is 0 Å². The van der Waals surface area contributed by atoms with Crippen molar-refractivity contribution >= 4 is 50.3 Å². The summed E-state index contributed by atoms with van der Waals surface area (Å²) in [5.41, 5.74) is 0.997. The molecule has 1 aromatic carbocycles. The minimum atomic E-state index is -3.77. The quantitative estimate of drug-likeness (QED) is 0.762. The van der Waals surface area contributed by atoms with Crippen LogP contribution in [0.25, 0.3) is 0 Å². The van der Waals surface area contributed by atoms with Gasteiger partial charge >= 0.3 is 0 Å². The number of carbonyl (C=O) groups is 2. The van der Waals surface area contributed by atoms with Gasteiger partial charge in [-0.25, -0.2) is 13.1 Å². The number of amides is 1. The molecule has 1 aromatic heterocycles. The summed E-state index contributed by atoms with van der Waals surface area (Å²) in [6, 6.07) is 9.14. The topological polar surface area (TPSA) is 92.3 Å². The Morgan fingerprint density at radius 3 is 2.30 bits per heavy atom. The first kappa shape index (κ1) is 17.6. The number of nitrogens with one attached hydrogen (secondary N) is 2. The molecular weight excluding hydrogens is 360 g/mol. The summed E-state index contributed by atoms with van der Waals surface area (Å²) in [6.07, 6.45) is 0. The number of benzene rings is 1. The number of hydrogen-bond donors (Lipinski definition) is 2. The van der Waals surface area contributed by atoms with E-state index in [0.29, 0.717) is 15.6 Å². The normalized spacial score (nSPS) is 11.2. The van der Waals surface area contributed by atoms with Crippen LogP contribution in [0.4, 0.5) is 5.69 Å². The average Bonchev–Trinajstić information content (AvgIpc) is 2.93. The second-order valence-electron chi connectivity index (χ2n) is 4.56. The predicted octanol–water partition coefficient (Wildman–Crippen LogP) is 2.52. The Morgan fingerprint density at radius 1 is 1.13 bits per heavy atom. The first-order chi connectivity index (χ1) is 10.8. The highest BCUT2D eigenvalue weighted by atomic mass is 35.5. The molecule has 0 aliphatic rings. The number of sulfonamides is 1. The van der Waals surface area contributed by atoms with E-state index in [4.69, 9.17) is 11.6 Å². The van der Waals surface area contributed by atoms with E-state index in [1.807, 2.05) is 0 Å². The molecule has 0 radical (unpaired) electrons. The lowest BCUT2D eigenvalue weighted by atomic mass is 10.1. The van der Waals surface area contributed by atoms with Gasteiger partial charge in [-0.1, -0.05) is 11.6 Å². The van der Waals surface area contributed by atoms with E-state index in [0.717, 1.165) is 11.3 Å². The van der Waals surface area contributed by atoms with Crippen molar-refractivity contribution in [2.24, 2.45) is 0 Å². The molecule has 23 heavy (non-hydrogen) atoms. The first-order valence-electron chi connectivity index (χ1n) is 6.44. The third-order valence-electron chi connectivity index (χ3n) is 2.81. The summed E-state index contributed by atoms with van der Waals surface area (Å²) >= 11 is 6.60. The molecule has 6 nitrogen and oxygen atoms in total. The molecular formula is C14H13ClN2O4S2. The molecule has 0 atom stereocenters. The summed E-state index contributed by atoms with van der Waals surface area (Å²) < 4.78 is 26.5. The van der Waals surface area contributed by atoms with E-state index in [-0.39, 0.29) is 9.99 Å². The molecule has 0 bridgehead atoms. The van der Waals surface area contributed by atoms with E-state index < -0.39 is 22.5 Å². The lowest BCUT2D eigenvalue weighted by molar-refractivity contribution is -0.115. The van der Waals surface area contributed by atoms with Crippen LogP contribution >= 0.6 is 22.9 Å². The highest BCUT2D eigenvalue weighted by Crippen LogP contribution is 2.25. The van der Waals surface area contributed by atoms with Crippen LogP contribution in [0.5, 0.6) is 0 Å². The molecule has 0 unspecified atom stereocenters. The molecule has 0 spiro atoms. The van der Waals surface area contributed by atoms with Crippen molar-refractivity contribution in [1.29, 1.82) is 0 Å². The van der Waals surface area contributed by atoms with Gasteiger partial charge in [-0.15, -0.1) is 11.3 Å². The maximum absolute atomic E-state index is 11.9. The Morgan fingerprint density at radius 2 is 1.78 bits per heavy atom.